The Morgan fingerprint density at radius 2 is 2.29 bits per heavy atom. The van der Waals surface area contributed by atoms with Gasteiger partial charge >= 0.3 is 0 Å². The van der Waals surface area contributed by atoms with E-state index in [2.05, 4.69) is 17.5 Å². The Morgan fingerprint density at radius 3 is 3.00 bits per heavy atom. The largest absolute Gasteiger partial charge is 0.496 e. The van der Waals surface area contributed by atoms with E-state index in [9.17, 15) is 0 Å². The Bertz CT molecular complexity index is 369. The van der Waals surface area contributed by atoms with Gasteiger partial charge in [0, 0.05) is 12.1 Å². The van der Waals surface area contributed by atoms with Gasteiger partial charge in [0.15, 0.2) is 0 Å². The van der Waals surface area contributed by atoms with Crippen LogP contribution in [0.2, 0.25) is 0 Å². The molecule has 0 saturated heterocycles. The summed E-state index contributed by atoms with van der Waals surface area (Å²) < 4.78 is 5.33. The molecule has 0 heterocycles. The first kappa shape index (κ1) is 9.28. The van der Waals surface area contributed by atoms with Crippen LogP contribution in [0.5, 0.6) is 5.75 Å². The summed E-state index contributed by atoms with van der Waals surface area (Å²) in [7, 11) is 3.70. The van der Waals surface area contributed by atoms with Gasteiger partial charge < -0.3 is 10.1 Å². The van der Waals surface area contributed by atoms with Crippen LogP contribution in [0.3, 0.4) is 0 Å². The van der Waals surface area contributed by atoms with Crippen molar-refractivity contribution in [3.05, 3.63) is 35.4 Å². The van der Waals surface area contributed by atoms with E-state index in [1.807, 2.05) is 19.2 Å². The average Bonchev–Trinajstić information content (AvgIpc) is 2.62. The molecular weight excluding hydrogens is 174 g/mol. The molecule has 2 heteroatoms. The third kappa shape index (κ3) is 1.42. The number of ether oxygens (including phenoxy) is 1. The van der Waals surface area contributed by atoms with Crippen molar-refractivity contribution in [3.8, 4) is 5.75 Å². The van der Waals surface area contributed by atoms with E-state index in [0.29, 0.717) is 0 Å². The zero-order chi connectivity index (χ0) is 9.97. The maximum atomic E-state index is 5.33. The summed E-state index contributed by atoms with van der Waals surface area (Å²) in [4.78, 5) is 0. The third-order valence-corrected chi connectivity index (χ3v) is 2.62. The molecule has 0 bridgehead atoms. The van der Waals surface area contributed by atoms with E-state index in [1.54, 1.807) is 7.11 Å². The van der Waals surface area contributed by atoms with Gasteiger partial charge in [0.1, 0.15) is 5.75 Å². The zero-order valence-corrected chi connectivity index (χ0v) is 8.63. The van der Waals surface area contributed by atoms with E-state index in [1.165, 1.54) is 16.7 Å². The molecule has 0 spiro atoms. The van der Waals surface area contributed by atoms with Crippen molar-refractivity contribution >= 4 is 5.57 Å². The van der Waals surface area contributed by atoms with Crippen LogP contribution in [-0.2, 0) is 6.42 Å². The Kier molecular flexibility index (Phi) is 2.55. The van der Waals surface area contributed by atoms with Crippen molar-refractivity contribution in [2.24, 2.45) is 0 Å². The van der Waals surface area contributed by atoms with Crippen LogP contribution in [0, 0.1) is 0 Å². The summed E-state index contributed by atoms with van der Waals surface area (Å²) in [6.07, 6.45) is 3.26. The number of hydrogen-bond donors (Lipinski definition) is 1. The van der Waals surface area contributed by atoms with Crippen molar-refractivity contribution in [3.63, 3.8) is 0 Å². The van der Waals surface area contributed by atoms with Crippen LogP contribution >= 0.6 is 0 Å². The number of hydrogen-bond acceptors (Lipinski definition) is 2. The summed E-state index contributed by atoms with van der Waals surface area (Å²) >= 11 is 0. The highest BCUT2D eigenvalue weighted by Crippen LogP contribution is 2.33. The second kappa shape index (κ2) is 3.84. The predicted molar refractivity (Wildman–Crippen MR) is 58.6 cm³/mol. The summed E-state index contributed by atoms with van der Waals surface area (Å²) in [5.41, 5.74) is 4.03. The fourth-order valence-electron chi connectivity index (χ4n) is 1.96. The van der Waals surface area contributed by atoms with E-state index in [-0.39, 0.29) is 0 Å². The normalized spacial score (nSPS) is 13.7. The van der Waals surface area contributed by atoms with Crippen molar-refractivity contribution < 1.29 is 4.74 Å². The first-order valence-electron chi connectivity index (χ1n) is 4.86. The fraction of sp³-hybridized carbons (Fsp3) is 0.333. The van der Waals surface area contributed by atoms with Gasteiger partial charge in [-0.1, -0.05) is 18.2 Å². The van der Waals surface area contributed by atoms with Crippen LogP contribution in [0.4, 0.5) is 0 Å². The number of methoxy groups -OCH3 is 1. The Labute approximate surface area is 84.6 Å². The van der Waals surface area contributed by atoms with Crippen LogP contribution in [0.1, 0.15) is 11.1 Å². The summed E-state index contributed by atoms with van der Waals surface area (Å²) in [6, 6.07) is 6.23. The molecule has 0 aromatic heterocycles. The first-order chi connectivity index (χ1) is 6.86. The molecule has 14 heavy (non-hydrogen) atoms. The van der Waals surface area contributed by atoms with E-state index in [0.717, 1.165) is 18.7 Å². The van der Waals surface area contributed by atoms with Crippen LogP contribution in [0.15, 0.2) is 24.3 Å². The number of nitrogens with one attached hydrogen (secondary N) is 1. The maximum Gasteiger partial charge on any atom is 0.122 e. The van der Waals surface area contributed by atoms with Gasteiger partial charge in [0.05, 0.1) is 7.11 Å². The molecule has 1 aromatic carbocycles. The number of fused-ring (bicyclic) bond motifs is 1. The number of benzene rings is 1. The number of likely N-dealkylation sites (N-methyl/N-ethyl adjacent to an activating group) is 1. The molecule has 1 aromatic rings. The zero-order valence-electron chi connectivity index (χ0n) is 8.63. The fourth-order valence-corrected chi connectivity index (χ4v) is 1.96. The van der Waals surface area contributed by atoms with E-state index in [4.69, 9.17) is 4.74 Å². The molecule has 0 atom stereocenters. The molecule has 0 aliphatic heterocycles. The molecule has 2 rings (SSSR count). The van der Waals surface area contributed by atoms with Gasteiger partial charge in [-0.05, 0) is 30.7 Å². The standard InChI is InChI=1S/C12H15NO/c1-13-8-9-6-7-11-10(9)4-3-5-12(11)14-2/h3-6,13H,7-8H2,1-2H3. The molecule has 0 fully saturated rings. The SMILES string of the molecule is CNCC1=CCc2c(OC)cccc21. The van der Waals surface area contributed by atoms with E-state index < -0.39 is 0 Å². The summed E-state index contributed by atoms with van der Waals surface area (Å²) in [5.74, 6) is 1.00. The highest BCUT2D eigenvalue weighted by atomic mass is 16.5. The first-order valence-corrected chi connectivity index (χ1v) is 4.86. The van der Waals surface area contributed by atoms with E-state index >= 15 is 0 Å². The monoisotopic (exact) mass is 189 g/mol. The molecule has 1 N–H and O–H groups in total. The van der Waals surface area contributed by atoms with Gasteiger partial charge in [-0.15, -0.1) is 0 Å². The van der Waals surface area contributed by atoms with Crippen LogP contribution in [-0.4, -0.2) is 20.7 Å². The second-order valence-corrected chi connectivity index (χ2v) is 3.45. The number of allylic oxidation sites excluding steroid dienone is 1. The number of rotatable bonds is 3. The Balaban J connectivity index is 2.37. The van der Waals surface area contributed by atoms with Crippen LogP contribution in [0.25, 0.3) is 5.57 Å². The van der Waals surface area contributed by atoms with Gasteiger partial charge in [-0.3, -0.25) is 0 Å². The molecular formula is C12H15NO. The van der Waals surface area contributed by atoms with Crippen molar-refractivity contribution in [1.82, 2.24) is 5.32 Å². The highest BCUT2D eigenvalue weighted by Gasteiger charge is 2.16. The van der Waals surface area contributed by atoms with Crippen molar-refractivity contribution in [2.75, 3.05) is 20.7 Å². The smallest absolute Gasteiger partial charge is 0.122 e. The molecule has 1 aliphatic rings. The summed E-state index contributed by atoms with van der Waals surface area (Å²) in [5, 5.41) is 3.18. The Hall–Kier alpha value is -1.28. The van der Waals surface area contributed by atoms with Gasteiger partial charge in [-0.25, -0.2) is 0 Å². The topological polar surface area (TPSA) is 21.3 Å². The molecule has 2 nitrogen and oxygen atoms in total. The lowest BCUT2D eigenvalue weighted by Gasteiger charge is -2.08. The Morgan fingerprint density at radius 1 is 1.43 bits per heavy atom. The van der Waals surface area contributed by atoms with Crippen LogP contribution < -0.4 is 10.1 Å². The maximum absolute atomic E-state index is 5.33. The molecule has 1 aliphatic carbocycles. The third-order valence-electron chi connectivity index (χ3n) is 2.62. The lowest BCUT2D eigenvalue weighted by Crippen LogP contribution is -2.08. The summed E-state index contributed by atoms with van der Waals surface area (Å²) in [6.45, 7) is 0.931. The van der Waals surface area contributed by atoms with Gasteiger partial charge in [0.25, 0.3) is 0 Å². The lowest BCUT2D eigenvalue weighted by molar-refractivity contribution is 0.411. The van der Waals surface area contributed by atoms with Gasteiger partial charge in [0.2, 0.25) is 0 Å². The lowest BCUT2D eigenvalue weighted by atomic mass is 10.0. The minimum Gasteiger partial charge on any atom is -0.496 e. The van der Waals surface area contributed by atoms with Crippen molar-refractivity contribution in [2.45, 2.75) is 6.42 Å². The second-order valence-electron chi connectivity index (χ2n) is 3.45. The molecule has 0 radical (unpaired) electrons. The molecule has 0 amide bonds. The molecule has 0 saturated carbocycles. The minimum absolute atomic E-state index is 0.931. The average molecular weight is 189 g/mol. The molecule has 74 valence electrons. The quantitative estimate of drug-likeness (QED) is 0.783. The minimum atomic E-state index is 0.931. The van der Waals surface area contributed by atoms with Gasteiger partial charge in [-0.2, -0.15) is 0 Å². The predicted octanol–water partition coefficient (Wildman–Crippen LogP) is 1.85. The molecule has 0 unspecified atom stereocenters. The van der Waals surface area contributed by atoms with Crippen molar-refractivity contribution in [1.29, 1.82) is 0 Å². The highest BCUT2D eigenvalue weighted by molar-refractivity contribution is 5.76.